The van der Waals surface area contributed by atoms with Gasteiger partial charge in [0.25, 0.3) is 17.7 Å². The zero-order valence-corrected chi connectivity index (χ0v) is 24.6. The largest absolute Gasteiger partial charge is 0.445 e. The molecule has 5 N–H and O–H groups in total. The number of benzene rings is 1. The number of ether oxygens (including phenoxy) is 2. The zero-order chi connectivity index (χ0) is 31.2. The van der Waals surface area contributed by atoms with Gasteiger partial charge in [0, 0.05) is 13.1 Å². The summed E-state index contributed by atoms with van der Waals surface area (Å²) < 4.78 is 10.4. The molecule has 1 aliphatic heterocycles. The minimum atomic E-state index is -1.18. The highest BCUT2D eigenvalue weighted by Crippen LogP contribution is 2.26. The molecule has 42 heavy (non-hydrogen) atoms. The minimum Gasteiger partial charge on any atom is -0.445 e. The molecule has 0 aromatic heterocycles. The van der Waals surface area contributed by atoms with Gasteiger partial charge < -0.3 is 30.7 Å². The van der Waals surface area contributed by atoms with E-state index in [0.717, 1.165) is 31.2 Å². The first kappa shape index (κ1) is 34.0. The first-order valence-corrected chi connectivity index (χ1v) is 14.1. The number of primary amides is 1. The van der Waals surface area contributed by atoms with E-state index in [1.807, 2.05) is 19.9 Å². The normalized spacial score (nSPS) is 16.8. The number of carbonyl (C=O) groups excluding carboxylic acids is 6. The highest BCUT2D eigenvalue weighted by atomic mass is 16.6. The lowest BCUT2D eigenvalue weighted by Gasteiger charge is -2.24. The van der Waals surface area contributed by atoms with E-state index in [-0.39, 0.29) is 12.5 Å². The molecule has 1 saturated heterocycles. The van der Waals surface area contributed by atoms with E-state index < -0.39 is 60.6 Å². The van der Waals surface area contributed by atoms with Gasteiger partial charge in [-0.3, -0.25) is 29.4 Å². The third-order valence-corrected chi connectivity index (χ3v) is 6.37. The molecule has 6 amide bonds. The van der Waals surface area contributed by atoms with E-state index in [9.17, 15) is 28.8 Å². The van der Waals surface area contributed by atoms with E-state index in [0.29, 0.717) is 18.1 Å². The third kappa shape index (κ3) is 11.0. The number of hydrazine groups is 1. The van der Waals surface area contributed by atoms with Crippen LogP contribution >= 0.6 is 0 Å². The first-order valence-electron chi connectivity index (χ1n) is 14.1. The molecule has 1 aromatic rings. The predicted molar refractivity (Wildman–Crippen MR) is 151 cm³/mol. The van der Waals surface area contributed by atoms with Crippen LogP contribution in [0.4, 0.5) is 4.79 Å². The minimum absolute atomic E-state index is 0.0101. The van der Waals surface area contributed by atoms with E-state index in [1.165, 1.54) is 13.8 Å². The molecule has 0 radical (unpaired) electrons. The monoisotopic (exact) mass is 590 g/mol. The summed E-state index contributed by atoms with van der Waals surface area (Å²) in [5.41, 5.74) is 8.29. The Bertz CT molecular complexity index is 1090. The lowest BCUT2D eigenvalue weighted by molar-refractivity contribution is -0.145. The summed E-state index contributed by atoms with van der Waals surface area (Å²) in [4.78, 5) is 76.6. The fourth-order valence-electron chi connectivity index (χ4n) is 3.82. The number of nitrogens with zero attached hydrogens (tertiary/aromatic N) is 2. The van der Waals surface area contributed by atoms with Crippen LogP contribution in [0, 0.1) is 0 Å². The Morgan fingerprint density at radius 1 is 0.881 bits per heavy atom. The van der Waals surface area contributed by atoms with Crippen LogP contribution in [0.3, 0.4) is 0 Å². The summed E-state index contributed by atoms with van der Waals surface area (Å²) in [7, 11) is 0. The molecule has 0 bridgehead atoms. The van der Waals surface area contributed by atoms with Gasteiger partial charge in [-0.15, -0.1) is 0 Å². The topological polar surface area (TPSA) is 193 Å². The number of carbonyl (C=O) groups is 6. The molecule has 14 nitrogen and oxygen atoms in total. The molecule has 4 atom stereocenters. The van der Waals surface area contributed by atoms with Crippen molar-refractivity contribution in [1.82, 2.24) is 26.0 Å². The number of amides is 6. The second-order valence-corrected chi connectivity index (χ2v) is 10.0. The number of hydrogen-bond acceptors (Lipinski definition) is 8. The van der Waals surface area contributed by atoms with E-state index in [2.05, 4.69) is 16.1 Å². The summed E-state index contributed by atoms with van der Waals surface area (Å²) in [5.74, 6) is -3.60. The van der Waals surface area contributed by atoms with Crippen molar-refractivity contribution in [3.8, 4) is 0 Å². The fourth-order valence-corrected chi connectivity index (χ4v) is 3.82. The molecule has 14 heteroatoms. The molecule has 0 spiro atoms. The Morgan fingerprint density at radius 3 is 2.02 bits per heavy atom. The number of nitrogens with one attached hydrogen (secondary N) is 3. The quantitative estimate of drug-likeness (QED) is 0.156. The lowest BCUT2D eigenvalue weighted by atomic mass is 10.2. The van der Waals surface area contributed by atoms with Crippen LogP contribution in [-0.2, 0) is 40.1 Å². The molecule has 0 saturated carbocycles. The van der Waals surface area contributed by atoms with Crippen molar-refractivity contribution in [2.45, 2.75) is 84.3 Å². The summed E-state index contributed by atoms with van der Waals surface area (Å²) >= 11 is 0. The van der Waals surface area contributed by atoms with Gasteiger partial charge in [-0.1, -0.05) is 57.0 Å². The molecule has 0 aliphatic carbocycles. The fraction of sp³-hybridized carbons (Fsp3) is 0.571. The van der Waals surface area contributed by atoms with Gasteiger partial charge in [0.2, 0.25) is 11.8 Å². The van der Waals surface area contributed by atoms with E-state index in [4.69, 9.17) is 15.2 Å². The molecule has 1 fully saturated rings. The average molecular weight is 591 g/mol. The Morgan fingerprint density at radius 2 is 1.45 bits per heavy atom. The zero-order valence-electron chi connectivity index (χ0n) is 24.6. The van der Waals surface area contributed by atoms with Crippen molar-refractivity contribution in [1.29, 1.82) is 0 Å². The van der Waals surface area contributed by atoms with Gasteiger partial charge >= 0.3 is 6.09 Å². The maximum Gasteiger partial charge on any atom is 0.408 e. The number of hydrogen-bond donors (Lipinski definition) is 4. The van der Waals surface area contributed by atoms with E-state index in [1.54, 1.807) is 29.2 Å². The Hall–Kier alpha value is -4.20. The van der Waals surface area contributed by atoms with Crippen LogP contribution in [0.25, 0.3) is 0 Å². The Kier molecular flexibility index (Phi) is 13.7. The van der Waals surface area contributed by atoms with Gasteiger partial charge in [-0.05, 0) is 32.3 Å². The van der Waals surface area contributed by atoms with Gasteiger partial charge in [0.1, 0.15) is 25.2 Å². The summed E-state index contributed by atoms with van der Waals surface area (Å²) in [6.45, 7) is 7.17. The number of epoxide rings is 1. The summed E-state index contributed by atoms with van der Waals surface area (Å²) in [6, 6.07) is 6.74. The second kappa shape index (κ2) is 16.9. The van der Waals surface area contributed by atoms with Crippen molar-refractivity contribution in [2.24, 2.45) is 5.73 Å². The highest BCUT2D eigenvalue weighted by Gasteiger charge is 2.53. The van der Waals surface area contributed by atoms with Crippen molar-refractivity contribution in [2.75, 3.05) is 19.6 Å². The standard InChI is InChI=1S/C28H42N6O8/c1-5-7-14-33(15-8-6-2)26(38)22-23(42-22)27(39)34(16-21(29)35)32-25(37)19(4)30-24(36)18(3)31-28(40)41-17-20-12-10-9-11-13-20/h9-13,18-19,22-23H,5-8,14-17H2,1-4H3,(H2,29,35)(H,30,36)(H,31,40)(H,32,37)/t18-,19-,22-,23-/m0/s1. The van der Waals surface area contributed by atoms with Gasteiger partial charge in [-0.25, -0.2) is 9.80 Å². The Balaban J connectivity index is 1.90. The van der Waals surface area contributed by atoms with Crippen LogP contribution in [0.1, 0.15) is 58.9 Å². The lowest BCUT2D eigenvalue weighted by Crippen LogP contribution is -2.58. The van der Waals surface area contributed by atoms with Crippen LogP contribution < -0.4 is 21.8 Å². The number of rotatable bonds is 16. The molecule has 1 aromatic carbocycles. The first-order chi connectivity index (χ1) is 20.0. The van der Waals surface area contributed by atoms with Crippen LogP contribution in [-0.4, -0.2) is 89.5 Å². The molecule has 1 aliphatic rings. The predicted octanol–water partition coefficient (Wildman–Crippen LogP) is 0.347. The van der Waals surface area contributed by atoms with Crippen molar-refractivity contribution in [3.63, 3.8) is 0 Å². The van der Waals surface area contributed by atoms with E-state index >= 15 is 0 Å². The number of alkyl carbamates (subject to hydrolysis) is 1. The third-order valence-electron chi connectivity index (χ3n) is 6.37. The molecule has 0 unspecified atom stereocenters. The van der Waals surface area contributed by atoms with Gasteiger partial charge in [0.15, 0.2) is 12.2 Å². The van der Waals surface area contributed by atoms with Crippen molar-refractivity contribution >= 4 is 35.6 Å². The molecule has 2 rings (SSSR count). The van der Waals surface area contributed by atoms with Crippen LogP contribution in [0.15, 0.2) is 30.3 Å². The molecule has 232 valence electrons. The number of nitrogens with two attached hydrogens (primary N) is 1. The van der Waals surface area contributed by atoms with Gasteiger partial charge in [0.05, 0.1) is 0 Å². The SMILES string of the molecule is CCCCN(CCCC)C(=O)[C@H]1O[C@@H]1C(=O)N(CC(N)=O)NC(=O)[C@H](C)NC(=O)[C@H](C)NC(=O)OCc1ccccc1. The number of unbranched alkanes of at least 4 members (excludes halogenated alkanes) is 2. The Labute approximate surface area is 245 Å². The van der Waals surface area contributed by atoms with Crippen molar-refractivity contribution in [3.05, 3.63) is 35.9 Å². The highest BCUT2D eigenvalue weighted by molar-refractivity contribution is 5.98. The second-order valence-electron chi connectivity index (χ2n) is 10.0. The summed E-state index contributed by atoms with van der Waals surface area (Å²) in [5, 5.41) is 5.46. The smallest absolute Gasteiger partial charge is 0.408 e. The molecular weight excluding hydrogens is 548 g/mol. The molecule has 1 heterocycles. The van der Waals surface area contributed by atoms with Crippen LogP contribution in [0.5, 0.6) is 0 Å². The maximum atomic E-state index is 13.0. The average Bonchev–Trinajstić information content (AvgIpc) is 3.76. The summed E-state index contributed by atoms with van der Waals surface area (Å²) in [6.07, 6.45) is 0.361. The van der Waals surface area contributed by atoms with Crippen molar-refractivity contribution < 1.29 is 38.2 Å². The van der Waals surface area contributed by atoms with Crippen LogP contribution in [0.2, 0.25) is 0 Å². The molecular formula is C28H42N6O8. The van der Waals surface area contributed by atoms with Gasteiger partial charge in [-0.2, -0.15) is 0 Å². The maximum absolute atomic E-state index is 13.0.